The molecule has 1 aromatic carbocycles. The number of rotatable bonds is 1. The molecule has 1 spiro atoms. The zero-order chi connectivity index (χ0) is 14.6. The fourth-order valence-electron chi connectivity index (χ4n) is 6.26. The van der Waals surface area contributed by atoms with Gasteiger partial charge in [-0.2, -0.15) is 0 Å². The highest BCUT2D eigenvalue weighted by Crippen LogP contribution is 2.58. The number of fused-ring (bicyclic) bond motifs is 4. The average Bonchev–Trinajstić information content (AvgIpc) is 3.16. The molecule has 0 radical (unpaired) electrons. The minimum atomic E-state index is 0.655. The van der Waals surface area contributed by atoms with Gasteiger partial charge < -0.3 is 0 Å². The van der Waals surface area contributed by atoms with E-state index in [2.05, 4.69) is 24.3 Å². The fourth-order valence-corrected chi connectivity index (χ4v) is 6.26. The third-order valence-electron chi connectivity index (χ3n) is 7.41. The first-order valence-electron chi connectivity index (χ1n) is 9.63. The summed E-state index contributed by atoms with van der Waals surface area (Å²) in [6.45, 7) is 0. The Hall–Kier alpha value is -1.04. The van der Waals surface area contributed by atoms with Crippen LogP contribution in [-0.2, 0) is 12.8 Å². The van der Waals surface area contributed by atoms with Gasteiger partial charge in [0.15, 0.2) is 0 Å². The van der Waals surface area contributed by atoms with E-state index in [9.17, 15) is 0 Å². The van der Waals surface area contributed by atoms with E-state index in [1.165, 1.54) is 70.6 Å². The van der Waals surface area contributed by atoms with Crippen LogP contribution in [0.25, 0.3) is 0 Å². The van der Waals surface area contributed by atoms with Crippen molar-refractivity contribution in [3.05, 3.63) is 46.5 Å². The minimum Gasteiger partial charge on any atom is -0.0850 e. The second-order valence-electron chi connectivity index (χ2n) is 8.53. The van der Waals surface area contributed by atoms with Crippen LogP contribution in [0.2, 0.25) is 0 Å². The first-order chi connectivity index (χ1) is 10.8. The third-order valence-corrected chi connectivity index (χ3v) is 7.41. The summed E-state index contributed by atoms with van der Waals surface area (Å²) in [7, 11) is 0. The fraction of sp³-hybridized carbons (Fsp3) is 0.636. The van der Waals surface area contributed by atoms with Gasteiger partial charge in [-0.3, -0.25) is 0 Å². The molecule has 0 aliphatic heterocycles. The molecule has 0 saturated heterocycles. The Labute approximate surface area is 135 Å². The van der Waals surface area contributed by atoms with Crippen LogP contribution in [0, 0.1) is 11.3 Å². The molecule has 2 atom stereocenters. The van der Waals surface area contributed by atoms with Crippen molar-refractivity contribution in [3.63, 3.8) is 0 Å². The van der Waals surface area contributed by atoms with Crippen LogP contribution < -0.4 is 0 Å². The van der Waals surface area contributed by atoms with Crippen LogP contribution in [0.3, 0.4) is 0 Å². The van der Waals surface area contributed by atoms with Crippen molar-refractivity contribution in [1.82, 2.24) is 0 Å². The first-order valence-corrected chi connectivity index (χ1v) is 9.63. The maximum absolute atomic E-state index is 2.55. The Bertz CT molecular complexity index is 617. The Morgan fingerprint density at radius 3 is 2.68 bits per heavy atom. The SMILES string of the molecule is C1=C2CC(C1)C1(CCc3c(cccc3C3CCCCC3)C1)C2. The summed E-state index contributed by atoms with van der Waals surface area (Å²) in [6.07, 6.45) is 18.2. The number of hydrogen-bond acceptors (Lipinski definition) is 0. The first kappa shape index (κ1) is 13.4. The molecule has 0 nitrogen and oxygen atoms in total. The molecule has 0 heteroatoms. The minimum absolute atomic E-state index is 0.655. The van der Waals surface area contributed by atoms with Crippen molar-refractivity contribution in [2.45, 2.75) is 76.5 Å². The van der Waals surface area contributed by atoms with Crippen molar-refractivity contribution < 1.29 is 0 Å². The molecule has 116 valence electrons. The van der Waals surface area contributed by atoms with E-state index in [4.69, 9.17) is 0 Å². The molecule has 2 saturated carbocycles. The van der Waals surface area contributed by atoms with Crippen molar-refractivity contribution in [1.29, 1.82) is 0 Å². The summed E-state index contributed by atoms with van der Waals surface area (Å²) in [5.41, 5.74) is 7.69. The van der Waals surface area contributed by atoms with Crippen LogP contribution in [0.4, 0.5) is 0 Å². The summed E-state index contributed by atoms with van der Waals surface area (Å²) in [5, 5.41) is 0. The normalized spacial score (nSPS) is 34.0. The summed E-state index contributed by atoms with van der Waals surface area (Å²) < 4.78 is 0. The van der Waals surface area contributed by atoms with Crippen molar-refractivity contribution in [2.24, 2.45) is 11.3 Å². The van der Waals surface area contributed by atoms with Crippen LogP contribution in [0.1, 0.15) is 80.4 Å². The molecular weight excluding hydrogens is 264 g/mol. The second-order valence-corrected chi connectivity index (χ2v) is 8.53. The van der Waals surface area contributed by atoms with Crippen LogP contribution in [0.15, 0.2) is 29.8 Å². The average molecular weight is 292 g/mol. The lowest BCUT2D eigenvalue weighted by molar-refractivity contribution is 0.168. The predicted molar refractivity (Wildman–Crippen MR) is 92.2 cm³/mol. The Balaban J connectivity index is 1.47. The Morgan fingerprint density at radius 2 is 1.91 bits per heavy atom. The van der Waals surface area contributed by atoms with Gasteiger partial charge >= 0.3 is 0 Å². The van der Waals surface area contributed by atoms with E-state index in [0.717, 1.165) is 11.8 Å². The Morgan fingerprint density at radius 1 is 1.00 bits per heavy atom. The lowest BCUT2D eigenvalue weighted by Gasteiger charge is -2.41. The van der Waals surface area contributed by atoms with Gasteiger partial charge in [0.25, 0.3) is 0 Å². The van der Waals surface area contributed by atoms with Gasteiger partial charge in [0.05, 0.1) is 0 Å². The number of hydrogen-bond donors (Lipinski definition) is 0. The van der Waals surface area contributed by atoms with Crippen molar-refractivity contribution in [3.8, 4) is 0 Å². The summed E-state index contributed by atoms with van der Waals surface area (Å²) >= 11 is 0. The van der Waals surface area contributed by atoms with Gasteiger partial charge in [0.2, 0.25) is 0 Å². The maximum Gasteiger partial charge on any atom is -0.0159 e. The second kappa shape index (κ2) is 4.98. The highest BCUT2D eigenvalue weighted by atomic mass is 14.5. The van der Waals surface area contributed by atoms with Crippen molar-refractivity contribution >= 4 is 0 Å². The molecule has 5 rings (SSSR count). The zero-order valence-electron chi connectivity index (χ0n) is 13.7. The van der Waals surface area contributed by atoms with E-state index in [1.54, 1.807) is 22.3 Å². The lowest BCUT2D eigenvalue weighted by Crippen LogP contribution is -2.33. The quantitative estimate of drug-likeness (QED) is 0.561. The molecule has 0 amide bonds. The van der Waals surface area contributed by atoms with E-state index < -0.39 is 0 Å². The molecular formula is C22H28. The maximum atomic E-state index is 2.55. The monoisotopic (exact) mass is 292 g/mol. The van der Waals surface area contributed by atoms with E-state index >= 15 is 0 Å². The Kier molecular flexibility index (Phi) is 3.03. The van der Waals surface area contributed by atoms with E-state index in [-0.39, 0.29) is 0 Å². The van der Waals surface area contributed by atoms with Crippen LogP contribution >= 0.6 is 0 Å². The molecule has 0 heterocycles. The highest BCUT2D eigenvalue weighted by Gasteiger charge is 2.48. The summed E-state index contributed by atoms with van der Waals surface area (Å²) in [6, 6.07) is 7.30. The molecule has 1 aromatic rings. The summed E-state index contributed by atoms with van der Waals surface area (Å²) in [4.78, 5) is 0. The van der Waals surface area contributed by atoms with Gasteiger partial charge in [0.1, 0.15) is 0 Å². The molecule has 4 aliphatic rings. The molecule has 4 aliphatic carbocycles. The zero-order valence-corrected chi connectivity index (χ0v) is 13.7. The summed E-state index contributed by atoms with van der Waals surface area (Å²) in [5.74, 6) is 1.86. The van der Waals surface area contributed by atoms with Gasteiger partial charge in [-0.1, -0.05) is 49.1 Å². The molecule has 2 fully saturated rings. The molecule has 0 N–H and O–H groups in total. The smallest absolute Gasteiger partial charge is 0.0159 e. The van der Waals surface area contributed by atoms with E-state index in [0.29, 0.717) is 5.41 Å². The molecule has 2 unspecified atom stereocenters. The van der Waals surface area contributed by atoms with Gasteiger partial charge in [-0.05, 0) is 85.3 Å². The van der Waals surface area contributed by atoms with Gasteiger partial charge in [-0.25, -0.2) is 0 Å². The third kappa shape index (κ3) is 1.95. The standard InChI is InChI=1S/C22H28/c1-2-5-17(6-3-1)20-8-4-7-18-15-22(12-11-21(18)20)14-16-9-10-19(22)13-16/h4,7-9,17,19H,1-3,5-6,10-15H2. The van der Waals surface area contributed by atoms with Gasteiger partial charge in [0, 0.05) is 0 Å². The topological polar surface area (TPSA) is 0 Å². The molecule has 0 aromatic heterocycles. The largest absolute Gasteiger partial charge is 0.0850 e. The van der Waals surface area contributed by atoms with Crippen LogP contribution in [0.5, 0.6) is 0 Å². The molecule has 2 bridgehead atoms. The van der Waals surface area contributed by atoms with Crippen LogP contribution in [-0.4, -0.2) is 0 Å². The highest BCUT2D eigenvalue weighted by molar-refractivity contribution is 5.42. The van der Waals surface area contributed by atoms with Gasteiger partial charge in [-0.15, -0.1) is 0 Å². The molecule has 22 heavy (non-hydrogen) atoms. The van der Waals surface area contributed by atoms with Crippen molar-refractivity contribution in [2.75, 3.05) is 0 Å². The number of allylic oxidation sites excluding steroid dienone is 2. The predicted octanol–water partition coefficient (Wildman–Crippen LogP) is 5.95. The lowest BCUT2D eigenvalue weighted by atomic mass is 9.63. The number of benzene rings is 1. The van der Waals surface area contributed by atoms with E-state index in [1.807, 2.05) is 0 Å².